The van der Waals surface area contributed by atoms with Gasteiger partial charge in [0.2, 0.25) is 0 Å². The molecule has 3 atom stereocenters. The Labute approximate surface area is 212 Å². The number of rotatable bonds is 8. The first kappa shape index (κ1) is 29.8. The maximum absolute atomic E-state index is 13.0. The normalized spacial score (nSPS) is 20.7. The van der Waals surface area contributed by atoms with Crippen LogP contribution in [-0.4, -0.2) is 69.8 Å². The van der Waals surface area contributed by atoms with E-state index in [4.69, 9.17) is 13.3 Å². The van der Waals surface area contributed by atoms with Crippen LogP contribution in [0.1, 0.15) is 59.9 Å². The molecule has 1 aliphatic heterocycles. The molecule has 1 N–H and O–H groups in total. The molecule has 0 aliphatic carbocycles. The number of aryl methyl sites for hydroxylation is 1. The molecule has 0 radical (unpaired) electrons. The van der Waals surface area contributed by atoms with Crippen molar-refractivity contribution < 1.29 is 31.7 Å². The van der Waals surface area contributed by atoms with Crippen molar-refractivity contribution in [2.75, 3.05) is 13.2 Å². The Morgan fingerprint density at radius 1 is 1.14 bits per heavy atom. The molecule has 1 aromatic carbocycles. The number of hydrogen-bond acceptors (Lipinski definition) is 7. The number of ether oxygens (including phenoxy) is 1. The van der Waals surface area contributed by atoms with Crippen LogP contribution in [0.15, 0.2) is 29.2 Å². The molecule has 2 rings (SSSR count). The van der Waals surface area contributed by atoms with Gasteiger partial charge in [0, 0.05) is 13.0 Å². The van der Waals surface area contributed by atoms with Crippen molar-refractivity contribution >= 4 is 24.5 Å². The van der Waals surface area contributed by atoms with Crippen LogP contribution in [0.3, 0.4) is 0 Å². The lowest BCUT2D eigenvalue weighted by molar-refractivity contribution is 0.00155. The molecule has 0 spiro atoms. The highest BCUT2D eigenvalue weighted by atomic mass is 32.2. The van der Waals surface area contributed by atoms with E-state index >= 15 is 0 Å². The Bertz CT molecular complexity index is 965. The highest BCUT2D eigenvalue weighted by Gasteiger charge is 2.46. The summed E-state index contributed by atoms with van der Waals surface area (Å²) in [7, 11) is -6.04. The van der Waals surface area contributed by atoms with Gasteiger partial charge < -0.3 is 14.3 Å². The van der Waals surface area contributed by atoms with E-state index in [1.54, 1.807) is 32.9 Å². The molecule has 10 heteroatoms. The maximum atomic E-state index is 13.0. The Balaban J connectivity index is 2.10. The third kappa shape index (κ3) is 8.28. The van der Waals surface area contributed by atoms with Crippen LogP contribution in [-0.2, 0) is 23.5 Å². The van der Waals surface area contributed by atoms with Gasteiger partial charge in [-0.25, -0.2) is 4.79 Å². The Morgan fingerprint density at radius 2 is 1.71 bits per heavy atom. The van der Waals surface area contributed by atoms with E-state index in [2.05, 4.69) is 33.9 Å². The predicted molar refractivity (Wildman–Crippen MR) is 138 cm³/mol. The van der Waals surface area contributed by atoms with Crippen LogP contribution in [0.2, 0.25) is 18.1 Å². The molecule has 1 aliphatic rings. The molecule has 1 fully saturated rings. The van der Waals surface area contributed by atoms with Gasteiger partial charge in [-0.3, -0.25) is 9.08 Å². The zero-order valence-corrected chi connectivity index (χ0v) is 24.4. The Kier molecular flexibility index (Phi) is 9.25. The molecule has 8 nitrogen and oxygen atoms in total. The molecular formula is C25H43NO7SSi. The van der Waals surface area contributed by atoms with Crippen molar-refractivity contribution in [1.29, 1.82) is 0 Å². The van der Waals surface area contributed by atoms with Crippen molar-refractivity contribution in [1.82, 2.24) is 4.90 Å². The van der Waals surface area contributed by atoms with E-state index in [1.807, 2.05) is 6.92 Å². The second-order valence-electron chi connectivity index (χ2n) is 11.9. The van der Waals surface area contributed by atoms with Crippen molar-refractivity contribution in [3.05, 3.63) is 29.8 Å². The number of carbonyl (C=O) groups excluding carboxylic acids is 1. The fraction of sp³-hybridized carbons (Fsp3) is 0.720. The number of aliphatic hydroxyl groups is 1. The minimum atomic E-state index is -3.94. The van der Waals surface area contributed by atoms with Gasteiger partial charge in [-0.2, -0.15) is 8.42 Å². The smallest absolute Gasteiger partial charge is 0.410 e. The van der Waals surface area contributed by atoms with Crippen LogP contribution in [0.4, 0.5) is 4.79 Å². The van der Waals surface area contributed by atoms with Crippen molar-refractivity contribution in [3.8, 4) is 0 Å². The van der Waals surface area contributed by atoms with E-state index in [0.717, 1.165) is 5.56 Å². The number of carbonyl (C=O) groups is 1. The largest absolute Gasteiger partial charge is 0.444 e. The first-order valence-electron chi connectivity index (χ1n) is 12.1. The zero-order valence-electron chi connectivity index (χ0n) is 22.6. The average Bonchev–Trinajstić information content (AvgIpc) is 3.09. The maximum Gasteiger partial charge on any atom is 0.410 e. The number of benzene rings is 1. The molecule has 0 unspecified atom stereocenters. The van der Waals surface area contributed by atoms with Gasteiger partial charge in [-0.1, -0.05) is 38.5 Å². The fourth-order valence-electron chi connectivity index (χ4n) is 3.64. The lowest BCUT2D eigenvalue weighted by Crippen LogP contribution is -2.46. The summed E-state index contributed by atoms with van der Waals surface area (Å²) in [6.07, 6.45) is -1.26. The molecule has 35 heavy (non-hydrogen) atoms. The summed E-state index contributed by atoms with van der Waals surface area (Å²) in [6.45, 7) is 18.1. The van der Waals surface area contributed by atoms with Gasteiger partial charge in [0.1, 0.15) is 5.60 Å². The summed E-state index contributed by atoms with van der Waals surface area (Å²) in [5, 5.41) is 11.0. The van der Waals surface area contributed by atoms with Gasteiger partial charge in [0.05, 0.1) is 29.8 Å². The summed E-state index contributed by atoms with van der Waals surface area (Å²) in [4.78, 5) is 14.5. The second kappa shape index (κ2) is 10.9. The topological polar surface area (TPSA) is 102 Å². The summed E-state index contributed by atoms with van der Waals surface area (Å²) >= 11 is 0. The first-order chi connectivity index (χ1) is 15.8. The molecule has 200 valence electrons. The summed E-state index contributed by atoms with van der Waals surface area (Å²) < 4.78 is 42.2. The molecule has 0 bridgehead atoms. The Morgan fingerprint density at radius 3 is 2.23 bits per heavy atom. The van der Waals surface area contributed by atoms with Crippen LogP contribution < -0.4 is 0 Å². The van der Waals surface area contributed by atoms with Crippen molar-refractivity contribution in [3.63, 3.8) is 0 Å². The number of hydrogen-bond donors (Lipinski definition) is 1. The molecule has 0 aromatic heterocycles. The van der Waals surface area contributed by atoms with Crippen LogP contribution in [0.5, 0.6) is 0 Å². The molecular weight excluding hydrogens is 486 g/mol. The third-order valence-electron chi connectivity index (χ3n) is 6.61. The molecule has 1 aromatic rings. The van der Waals surface area contributed by atoms with Crippen molar-refractivity contribution in [2.24, 2.45) is 0 Å². The quantitative estimate of drug-likeness (QED) is 0.379. The zero-order chi connectivity index (χ0) is 26.8. The number of nitrogens with zero attached hydrogens (tertiary/aromatic N) is 1. The van der Waals surface area contributed by atoms with Gasteiger partial charge in [-0.15, -0.1) is 0 Å². The highest BCUT2D eigenvalue weighted by molar-refractivity contribution is 7.86. The van der Waals surface area contributed by atoms with E-state index in [9.17, 15) is 18.3 Å². The summed E-state index contributed by atoms with van der Waals surface area (Å²) in [5.74, 6) is 0. The monoisotopic (exact) mass is 529 g/mol. The number of aliphatic hydroxyl groups excluding tert-OH is 1. The van der Waals surface area contributed by atoms with Gasteiger partial charge in [-0.05, 0) is 64.4 Å². The third-order valence-corrected chi connectivity index (χ3v) is 12.5. The lowest BCUT2D eigenvalue weighted by Gasteiger charge is -2.38. The summed E-state index contributed by atoms with van der Waals surface area (Å²) in [5.41, 5.74) is 0.258. The van der Waals surface area contributed by atoms with Gasteiger partial charge in [0.15, 0.2) is 8.32 Å². The number of likely N-dealkylation sites (tertiary alicyclic amines) is 1. The lowest BCUT2D eigenvalue weighted by atomic mass is 10.1. The second-order valence-corrected chi connectivity index (χ2v) is 18.3. The van der Waals surface area contributed by atoms with Gasteiger partial charge >= 0.3 is 6.09 Å². The van der Waals surface area contributed by atoms with Crippen LogP contribution in [0, 0.1) is 6.92 Å². The van der Waals surface area contributed by atoms with Crippen LogP contribution in [0.25, 0.3) is 0 Å². The minimum absolute atomic E-state index is 0.00136. The Hall–Kier alpha value is -1.46. The van der Waals surface area contributed by atoms with Gasteiger partial charge in [0.25, 0.3) is 10.1 Å². The van der Waals surface area contributed by atoms with Crippen LogP contribution >= 0.6 is 0 Å². The van der Waals surface area contributed by atoms with E-state index in [0.29, 0.717) is 13.0 Å². The minimum Gasteiger partial charge on any atom is -0.444 e. The molecule has 1 heterocycles. The average molecular weight is 530 g/mol. The summed E-state index contributed by atoms with van der Waals surface area (Å²) in [6, 6.07) is 5.82. The molecule has 1 saturated heterocycles. The molecule has 1 amide bonds. The van der Waals surface area contributed by atoms with E-state index in [1.165, 1.54) is 17.0 Å². The first-order valence-corrected chi connectivity index (χ1v) is 16.5. The number of amides is 1. The highest BCUT2D eigenvalue weighted by Crippen LogP contribution is 2.39. The predicted octanol–water partition coefficient (Wildman–Crippen LogP) is 4.85. The van der Waals surface area contributed by atoms with E-state index < -0.39 is 42.3 Å². The fourth-order valence-corrected chi connectivity index (χ4v) is 5.92. The standard InChI is InChI=1S/C25H43NO7SSi/c1-18-10-12-20(13-11-18)34(29,30)31-15-14-22(27)21-16-19(33-35(8,9)25(5,6)7)17-26(21)23(28)32-24(2,3)4/h10-13,19,21-22,27H,14-17H2,1-9H3/t19-,21+,22+/m1/s1. The molecule has 0 saturated carbocycles. The van der Waals surface area contributed by atoms with Crippen molar-refractivity contribution in [2.45, 2.75) is 108 Å². The SMILES string of the molecule is Cc1ccc(S(=O)(=O)OCC[C@H](O)[C@@H]2C[C@@H](O[Si](C)(C)C(C)(C)C)CN2C(=O)OC(C)(C)C)cc1. The van der Waals surface area contributed by atoms with E-state index in [-0.39, 0.29) is 29.1 Å².